The molecule has 2 atom stereocenters. The van der Waals surface area contributed by atoms with Gasteiger partial charge in [0.25, 0.3) is 11.8 Å². The van der Waals surface area contributed by atoms with E-state index in [2.05, 4.69) is 25.7 Å². The van der Waals surface area contributed by atoms with Crippen LogP contribution in [0.5, 0.6) is 0 Å². The van der Waals surface area contributed by atoms with Gasteiger partial charge in [0, 0.05) is 32.1 Å². The number of aromatic nitrogens is 2. The molecule has 5 rings (SSSR count). The SMILES string of the molecule is O=C1CCC(N2C(=O)c3cccc(CN(Cc4ccc(Cl)nn4)C4CCNC4)c3C2=O)C(=O)N1. The lowest BCUT2D eigenvalue weighted by Crippen LogP contribution is -2.54. The van der Waals surface area contributed by atoms with Crippen LogP contribution in [0.4, 0.5) is 0 Å². The number of imide groups is 2. The van der Waals surface area contributed by atoms with Crippen LogP contribution in [0.25, 0.3) is 0 Å². The second-order valence-corrected chi connectivity index (χ2v) is 9.07. The number of carbonyl (C=O) groups is 4. The van der Waals surface area contributed by atoms with E-state index in [4.69, 9.17) is 11.6 Å². The third kappa shape index (κ3) is 4.20. The van der Waals surface area contributed by atoms with Gasteiger partial charge in [0.15, 0.2) is 5.15 Å². The fourth-order valence-electron chi connectivity index (χ4n) is 4.84. The number of halogens is 1. The molecule has 0 aliphatic carbocycles. The van der Waals surface area contributed by atoms with E-state index in [9.17, 15) is 19.2 Å². The van der Waals surface area contributed by atoms with Crippen molar-refractivity contribution in [2.24, 2.45) is 0 Å². The lowest BCUT2D eigenvalue weighted by Gasteiger charge is -2.29. The van der Waals surface area contributed by atoms with Gasteiger partial charge in [0.2, 0.25) is 11.8 Å². The number of fused-ring (bicyclic) bond motifs is 1. The van der Waals surface area contributed by atoms with Gasteiger partial charge in [0.1, 0.15) is 6.04 Å². The van der Waals surface area contributed by atoms with Gasteiger partial charge in [-0.15, -0.1) is 5.10 Å². The Bertz CT molecular complexity index is 1160. The van der Waals surface area contributed by atoms with E-state index in [1.807, 2.05) is 12.1 Å². The van der Waals surface area contributed by atoms with Gasteiger partial charge < -0.3 is 5.32 Å². The Morgan fingerprint density at radius 2 is 1.88 bits per heavy atom. The fourth-order valence-corrected chi connectivity index (χ4v) is 4.94. The Balaban J connectivity index is 1.43. The van der Waals surface area contributed by atoms with Crippen LogP contribution in [0.2, 0.25) is 5.15 Å². The molecule has 2 saturated heterocycles. The summed E-state index contributed by atoms with van der Waals surface area (Å²) in [6, 6.07) is 7.93. The summed E-state index contributed by atoms with van der Waals surface area (Å²) in [7, 11) is 0. The average molecular weight is 483 g/mol. The van der Waals surface area contributed by atoms with Crippen LogP contribution < -0.4 is 10.6 Å². The van der Waals surface area contributed by atoms with Crippen molar-refractivity contribution in [1.29, 1.82) is 0 Å². The molecular weight excluding hydrogens is 460 g/mol. The molecular formula is C23H23ClN6O4. The van der Waals surface area contributed by atoms with Crippen molar-refractivity contribution in [1.82, 2.24) is 30.6 Å². The smallest absolute Gasteiger partial charge is 0.262 e. The number of rotatable bonds is 6. The minimum atomic E-state index is -0.988. The Labute approximate surface area is 200 Å². The second-order valence-electron chi connectivity index (χ2n) is 8.69. The maximum atomic E-state index is 13.4. The van der Waals surface area contributed by atoms with Crippen molar-refractivity contribution in [2.75, 3.05) is 13.1 Å². The van der Waals surface area contributed by atoms with E-state index < -0.39 is 29.7 Å². The van der Waals surface area contributed by atoms with Crippen molar-refractivity contribution < 1.29 is 19.2 Å². The van der Waals surface area contributed by atoms with Crippen LogP contribution in [0.3, 0.4) is 0 Å². The van der Waals surface area contributed by atoms with E-state index in [-0.39, 0.29) is 24.4 Å². The summed E-state index contributed by atoms with van der Waals surface area (Å²) in [5.41, 5.74) is 2.05. The highest BCUT2D eigenvalue weighted by Crippen LogP contribution is 2.31. The largest absolute Gasteiger partial charge is 0.315 e. The molecule has 11 heteroatoms. The average Bonchev–Trinajstić information content (AvgIpc) is 3.44. The number of carbonyl (C=O) groups excluding carboxylic acids is 4. The number of nitrogens with zero attached hydrogens (tertiary/aromatic N) is 4. The van der Waals surface area contributed by atoms with Crippen LogP contribution in [0, 0.1) is 0 Å². The first-order valence-corrected chi connectivity index (χ1v) is 11.6. The molecule has 3 aliphatic heterocycles. The molecule has 0 spiro atoms. The van der Waals surface area contributed by atoms with E-state index in [1.165, 1.54) is 0 Å². The molecule has 34 heavy (non-hydrogen) atoms. The maximum Gasteiger partial charge on any atom is 0.262 e. The summed E-state index contributed by atoms with van der Waals surface area (Å²) in [6.45, 7) is 2.60. The molecule has 4 heterocycles. The number of benzene rings is 1. The lowest BCUT2D eigenvalue weighted by molar-refractivity contribution is -0.136. The van der Waals surface area contributed by atoms with Crippen LogP contribution in [0.15, 0.2) is 30.3 Å². The summed E-state index contributed by atoms with van der Waals surface area (Å²) in [6.07, 6.45) is 1.15. The zero-order chi connectivity index (χ0) is 23.8. The zero-order valence-corrected chi connectivity index (χ0v) is 19.0. The molecule has 2 aromatic rings. The number of amides is 4. The number of piperidine rings is 1. The number of hydrogen-bond donors (Lipinski definition) is 2. The molecule has 1 aromatic carbocycles. The number of hydrogen-bond acceptors (Lipinski definition) is 8. The van der Waals surface area contributed by atoms with Gasteiger partial charge >= 0.3 is 0 Å². The van der Waals surface area contributed by atoms with Crippen LogP contribution in [0.1, 0.15) is 51.2 Å². The van der Waals surface area contributed by atoms with E-state index in [1.54, 1.807) is 18.2 Å². The van der Waals surface area contributed by atoms with Gasteiger partial charge in [-0.05, 0) is 43.1 Å². The molecule has 2 fully saturated rings. The van der Waals surface area contributed by atoms with Crippen LogP contribution in [-0.4, -0.2) is 68.8 Å². The lowest BCUT2D eigenvalue weighted by atomic mass is 10.0. The summed E-state index contributed by atoms with van der Waals surface area (Å²) in [5, 5.41) is 14.0. The highest BCUT2D eigenvalue weighted by atomic mass is 35.5. The normalized spacial score (nSPS) is 22.5. The summed E-state index contributed by atoms with van der Waals surface area (Å²) >= 11 is 5.88. The van der Waals surface area contributed by atoms with Gasteiger partial charge in [-0.3, -0.25) is 34.3 Å². The number of nitrogens with one attached hydrogen (secondary N) is 2. The topological polar surface area (TPSA) is 125 Å². The van der Waals surface area contributed by atoms with Crippen molar-refractivity contribution in [2.45, 2.75) is 44.4 Å². The maximum absolute atomic E-state index is 13.4. The predicted molar refractivity (Wildman–Crippen MR) is 121 cm³/mol. The molecule has 176 valence electrons. The molecule has 0 saturated carbocycles. The van der Waals surface area contributed by atoms with Gasteiger partial charge in [-0.1, -0.05) is 23.7 Å². The molecule has 10 nitrogen and oxygen atoms in total. The molecule has 0 bridgehead atoms. The minimum Gasteiger partial charge on any atom is -0.315 e. The standard InChI is InChI=1S/C23H23ClN6O4/c24-18-6-4-14(27-28-18)12-29(15-8-9-25-10-15)11-13-2-1-3-16-20(13)23(34)30(22(16)33)17-5-7-19(31)26-21(17)32/h1-4,6,15,17,25H,5,7-12H2,(H,26,31,32). The second kappa shape index (κ2) is 9.21. The monoisotopic (exact) mass is 482 g/mol. The first-order chi connectivity index (χ1) is 16.4. The van der Waals surface area contributed by atoms with Crippen LogP contribution >= 0.6 is 11.6 Å². The molecule has 0 radical (unpaired) electrons. The predicted octanol–water partition coefficient (Wildman–Crippen LogP) is 0.895. The van der Waals surface area contributed by atoms with Gasteiger partial charge in [0.05, 0.1) is 16.8 Å². The summed E-state index contributed by atoms with van der Waals surface area (Å²) in [5.74, 6) is -2.02. The van der Waals surface area contributed by atoms with Crippen LogP contribution in [-0.2, 0) is 22.7 Å². The Kier molecular flexibility index (Phi) is 6.11. The third-order valence-corrected chi connectivity index (χ3v) is 6.73. The summed E-state index contributed by atoms with van der Waals surface area (Å²) < 4.78 is 0. The Hall–Kier alpha value is -3.21. The van der Waals surface area contributed by atoms with E-state index >= 15 is 0 Å². The molecule has 4 amide bonds. The van der Waals surface area contributed by atoms with Gasteiger partial charge in [-0.25, -0.2) is 0 Å². The first kappa shape index (κ1) is 22.6. The molecule has 2 unspecified atom stereocenters. The first-order valence-electron chi connectivity index (χ1n) is 11.2. The minimum absolute atomic E-state index is 0.0846. The van der Waals surface area contributed by atoms with E-state index in [0.29, 0.717) is 29.4 Å². The quantitative estimate of drug-likeness (QED) is 0.582. The zero-order valence-electron chi connectivity index (χ0n) is 18.3. The Morgan fingerprint density at radius 1 is 1.03 bits per heavy atom. The van der Waals surface area contributed by atoms with E-state index in [0.717, 1.165) is 30.1 Å². The summed E-state index contributed by atoms with van der Waals surface area (Å²) in [4.78, 5) is 53.7. The molecule has 3 aliphatic rings. The molecule has 1 aromatic heterocycles. The Morgan fingerprint density at radius 3 is 2.59 bits per heavy atom. The van der Waals surface area contributed by atoms with Crippen molar-refractivity contribution in [3.63, 3.8) is 0 Å². The molecule has 2 N–H and O–H groups in total. The highest BCUT2D eigenvalue weighted by Gasteiger charge is 2.45. The van der Waals surface area contributed by atoms with Gasteiger partial charge in [-0.2, -0.15) is 5.10 Å². The highest BCUT2D eigenvalue weighted by molar-refractivity contribution is 6.29. The fraction of sp³-hybridized carbons (Fsp3) is 0.391. The van der Waals surface area contributed by atoms with Crippen molar-refractivity contribution in [3.05, 3.63) is 57.9 Å². The third-order valence-electron chi connectivity index (χ3n) is 6.53. The van der Waals surface area contributed by atoms with Crippen molar-refractivity contribution >= 4 is 35.2 Å². The van der Waals surface area contributed by atoms with Crippen molar-refractivity contribution in [3.8, 4) is 0 Å².